The molecule has 3 N–H and O–H groups in total. The molecule has 1 aliphatic rings. The number of phenols is 1. The predicted octanol–water partition coefficient (Wildman–Crippen LogP) is 3.05. The minimum atomic E-state index is -0.273. The van der Waals surface area contributed by atoms with Crippen LogP contribution in [0.3, 0.4) is 0 Å². The van der Waals surface area contributed by atoms with Gasteiger partial charge >= 0.3 is 0 Å². The number of pyridine rings is 1. The number of aliphatic hydroxyl groups is 1. The standard InChI is InChI=1S/C16H20N2O2/c19-11-16(7-2-1-3-8-16)18-15-14-10-13(20)5-4-12(14)6-9-17-15/h4-6,9-10,19-20H,1-3,7-8,11H2,(H,17,18). The Kier molecular flexibility index (Phi) is 3.49. The topological polar surface area (TPSA) is 65.4 Å². The minimum Gasteiger partial charge on any atom is -0.508 e. The van der Waals surface area contributed by atoms with Crippen molar-refractivity contribution >= 4 is 16.6 Å². The van der Waals surface area contributed by atoms with Crippen molar-refractivity contribution in [2.75, 3.05) is 11.9 Å². The van der Waals surface area contributed by atoms with Gasteiger partial charge in [-0.1, -0.05) is 25.3 Å². The highest BCUT2D eigenvalue weighted by Gasteiger charge is 2.31. The van der Waals surface area contributed by atoms with Gasteiger partial charge in [-0.2, -0.15) is 0 Å². The summed E-state index contributed by atoms with van der Waals surface area (Å²) in [6.45, 7) is 0.115. The lowest BCUT2D eigenvalue weighted by molar-refractivity contribution is 0.172. The second-order valence-corrected chi connectivity index (χ2v) is 5.69. The minimum absolute atomic E-state index is 0.115. The number of benzene rings is 1. The monoisotopic (exact) mass is 272 g/mol. The van der Waals surface area contributed by atoms with Crippen molar-refractivity contribution in [2.24, 2.45) is 0 Å². The van der Waals surface area contributed by atoms with Gasteiger partial charge in [0.05, 0.1) is 12.1 Å². The summed E-state index contributed by atoms with van der Waals surface area (Å²) in [5, 5.41) is 24.8. The van der Waals surface area contributed by atoms with E-state index in [1.807, 2.05) is 12.1 Å². The van der Waals surface area contributed by atoms with Crippen LogP contribution in [0.5, 0.6) is 5.75 Å². The van der Waals surface area contributed by atoms with Crippen molar-refractivity contribution in [3.63, 3.8) is 0 Å². The van der Waals surface area contributed by atoms with Gasteiger partial charge in [0, 0.05) is 11.6 Å². The van der Waals surface area contributed by atoms with Crippen LogP contribution in [0.25, 0.3) is 10.8 Å². The van der Waals surface area contributed by atoms with Gasteiger partial charge in [0.2, 0.25) is 0 Å². The number of fused-ring (bicyclic) bond motifs is 1. The Balaban J connectivity index is 1.99. The van der Waals surface area contributed by atoms with Crippen LogP contribution in [0, 0.1) is 0 Å². The van der Waals surface area contributed by atoms with E-state index in [9.17, 15) is 10.2 Å². The van der Waals surface area contributed by atoms with Crippen molar-refractivity contribution in [1.82, 2.24) is 4.98 Å². The van der Waals surface area contributed by atoms with Crippen LogP contribution in [0.2, 0.25) is 0 Å². The number of anilines is 1. The summed E-state index contributed by atoms with van der Waals surface area (Å²) in [7, 11) is 0. The van der Waals surface area contributed by atoms with Crippen molar-refractivity contribution in [2.45, 2.75) is 37.6 Å². The average Bonchev–Trinajstić information content (AvgIpc) is 2.49. The van der Waals surface area contributed by atoms with E-state index < -0.39 is 0 Å². The van der Waals surface area contributed by atoms with Gasteiger partial charge in [-0.3, -0.25) is 0 Å². The molecule has 0 amide bonds. The maximum absolute atomic E-state index is 9.79. The van der Waals surface area contributed by atoms with E-state index in [1.165, 1.54) is 6.42 Å². The third-order valence-corrected chi connectivity index (χ3v) is 4.25. The number of aliphatic hydroxyl groups excluding tert-OH is 1. The number of nitrogens with zero attached hydrogens (tertiary/aromatic N) is 1. The lowest BCUT2D eigenvalue weighted by Gasteiger charge is -2.37. The Hall–Kier alpha value is -1.81. The van der Waals surface area contributed by atoms with Crippen LogP contribution in [-0.4, -0.2) is 27.3 Å². The molecule has 0 bridgehead atoms. The van der Waals surface area contributed by atoms with Gasteiger partial charge in [-0.25, -0.2) is 4.98 Å². The van der Waals surface area contributed by atoms with Gasteiger partial charge < -0.3 is 15.5 Å². The molecule has 3 rings (SSSR count). The number of hydrogen-bond acceptors (Lipinski definition) is 4. The zero-order chi connectivity index (χ0) is 14.0. The summed E-state index contributed by atoms with van der Waals surface area (Å²) >= 11 is 0. The van der Waals surface area contributed by atoms with Gasteiger partial charge in [0.25, 0.3) is 0 Å². The lowest BCUT2D eigenvalue weighted by Crippen LogP contribution is -2.44. The molecule has 1 aromatic heterocycles. The van der Waals surface area contributed by atoms with E-state index in [4.69, 9.17) is 0 Å². The van der Waals surface area contributed by atoms with E-state index >= 15 is 0 Å². The van der Waals surface area contributed by atoms with Crippen LogP contribution in [0.4, 0.5) is 5.82 Å². The zero-order valence-corrected chi connectivity index (χ0v) is 11.5. The predicted molar refractivity (Wildman–Crippen MR) is 79.9 cm³/mol. The van der Waals surface area contributed by atoms with Gasteiger partial charge in [-0.15, -0.1) is 0 Å². The molecular formula is C16H20N2O2. The van der Waals surface area contributed by atoms with Crippen molar-refractivity contribution in [1.29, 1.82) is 0 Å². The van der Waals surface area contributed by atoms with Gasteiger partial charge in [0.15, 0.2) is 0 Å². The van der Waals surface area contributed by atoms with Crippen molar-refractivity contribution in [3.8, 4) is 5.75 Å². The number of nitrogens with one attached hydrogen (secondary N) is 1. The molecule has 0 atom stereocenters. The lowest BCUT2D eigenvalue weighted by atomic mass is 9.82. The smallest absolute Gasteiger partial charge is 0.134 e. The molecule has 2 aromatic rings. The molecule has 1 saturated carbocycles. The molecular weight excluding hydrogens is 252 g/mol. The van der Waals surface area contributed by atoms with Crippen LogP contribution in [-0.2, 0) is 0 Å². The molecule has 106 valence electrons. The first-order valence-corrected chi connectivity index (χ1v) is 7.19. The number of aromatic hydroxyl groups is 1. The third-order valence-electron chi connectivity index (χ3n) is 4.25. The van der Waals surface area contributed by atoms with E-state index in [2.05, 4.69) is 10.3 Å². The molecule has 1 heterocycles. The highest BCUT2D eigenvalue weighted by atomic mass is 16.3. The second-order valence-electron chi connectivity index (χ2n) is 5.69. The van der Waals surface area contributed by atoms with E-state index in [1.54, 1.807) is 18.3 Å². The Morgan fingerprint density at radius 3 is 2.70 bits per heavy atom. The molecule has 0 spiro atoms. The van der Waals surface area contributed by atoms with Crippen LogP contribution in [0.1, 0.15) is 32.1 Å². The molecule has 4 heteroatoms. The highest BCUT2D eigenvalue weighted by Crippen LogP contribution is 2.33. The summed E-state index contributed by atoms with van der Waals surface area (Å²) in [5.41, 5.74) is -0.273. The van der Waals surface area contributed by atoms with Gasteiger partial charge in [-0.05, 0) is 36.4 Å². The molecule has 1 fully saturated rings. The second kappa shape index (κ2) is 5.29. The summed E-state index contributed by atoms with van der Waals surface area (Å²) in [6.07, 6.45) is 7.16. The van der Waals surface area contributed by atoms with Crippen molar-refractivity contribution < 1.29 is 10.2 Å². The quantitative estimate of drug-likeness (QED) is 0.803. The molecule has 0 aliphatic heterocycles. The highest BCUT2D eigenvalue weighted by molar-refractivity contribution is 5.92. The van der Waals surface area contributed by atoms with Crippen LogP contribution >= 0.6 is 0 Å². The fourth-order valence-corrected chi connectivity index (χ4v) is 3.06. The van der Waals surface area contributed by atoms with Crippen LogP contribution < -0.4 is 5.32 Å². The summed E-state index contributed by atoms with van der Waals surface area (Å²) in [5.74, 6) is 0.976. The van der Waals surface area contributed by atoms with Crippen LogP contribution in [0.15, 0.2) is 30.5 Å². The normalized spacial score (nSPS) is 18.1. The number of hydrogen-bond donors (Lipinski definition) is 3. The van der Waals surface area contributed by atoms with E-state index in [-0.39, 0.29) is 17.9 Å². The Labute approximate surface area is 118 Å². The fourth-order valence-electron chi connectivity index (χ4n) is 3.06. The molecule has 1 aliphatic carbocycles. The molecule has 0 unspecified atom stereocenters. The third kappa shape index (κ3) is 2.43. The summed E-state index contributed by atoms with van der Waals surface area (Å²) < 4.78 is 0. The molecule has 0 saturated heterocycles. The first-order valence-electron chi connectivity index (χ1n) is 7.19. The van der Waals surface area contributed by atoms with E-state index in [0.717, 1.165) is 42.3 Å². The number of aromatic nitrogens is 1. The average molecular weight is 272 g/mol. The van der Waals surface area contributed by atoms with Gasteiger partial charge in [0.1, 0.15) is 11.6 Å². The molecule has 20 heavy (non-hydrogen) atoms. The number of phenolic OH excluding ortho intramolecular Hbond substituents is 1. The Bertz CT molecular complexity index is 606. The fraction of sp³-hybridized carbons (Fsp3) is 0.438. The summed E-state index contributed by atoms with van der Waals surface area (Å²) in [4.78, 5) is 4.40. The maximum Gasteiger partial charge on any atom is 0.134 e. The molecule has 0 radical (unpaired) electrons. The zero-order valence-electron chi connectivity index (χ0n) is 11.5. The first-order chi connectivity index (χ1) is 9.72. The molecule has 1 aromatic carbocycles. The number of rotatable bonds is 3. The maximum atomic E-state index is 9.79. The van der Waals surface area contributed by atoms with Crippen molar-refractivity contribution in [3.05, 3.63) is 30.5 Å². The Morgan fingerprint density at radius 1 is 1.15 bits per heavy atom. The molecule has 4 nitrogen and oxygen atoms in total. The van der Waals surface area contributed by atoms with E-state index in [0.29, 0.717) is 0 Å². The largest absolute Gasteiger partial charge is 0.508 e. The Morgan fingerprint density at radius 2 is 1.95 bits per heavy atom. The first kappa shape index (κ1) is 13.2. The summed E-state index contributed by atoms with van der Waals surface area (Å²) in [6, 6.07) is 7.20. The SMILES string of the molecule is OCC1(Nc2nccc3ccc(O)cc23)CCCCC1.